The van der Waals surface area contributed by atoms with E-state index in [0.717, 1.165) is 16.6 Å². The van der Waals surface area contributed by atoms with E-state index in [1.165, 1.54) is 16.5 Å². The molecular weight excluding hydrogens is 418 g/mol. The van der Waals surface area contributed by atoms with Crippen molar-refractivity contribution in [3.63, 3.8) is 0 Å². The van der Waals surface area contributed by atoms with E-state index in [0.29, 0.717) is 16.5 Å². The van der Waals surface area contributed by atoms with Gasteiger partial charge in [-0.05, 0) is 54.3 Å². The molecule has 27 heavy (non-hydrogen) atoms. The van der Waals surface area contributed by atoms with Crippen LogP contribution in [0.5, 0.6) is 0 Å². The number of halogens is 3. The van der Waals surface area contributed by atoms with Crippen molar-refractivity contribution in [3.8, 4) is 0 Å². The molecule has 3 rings (SSSR count). The molecule has 1 heterocycles. The highest BCUT2D eigenvalue weighted by Crippen LogP contribution is 2.28. The third-order valence-corrected chi connectivity index (χ3v) is 5.23. The summed E-state index contributed by atoms with van der Waals surface area (Å²) in [6.45, 7) is 1.78. The summed E-state index contributed by atoms with van der Waals surface area (Å²) in [5.74, 6) is -2.34. The lowest BCUT2D eigenvalue weighted by Gasteiger charge is -2.27. The first-order chi connectivity index (χ1) is 12.7. The standard InChI is InChI=1S/C20H17BrF2N2O2/c1-11(25(3)19(26)12-4-6-13(21)7-5-12)16-10-24(2)20(27)15-9-18(23)17(22)8-14(15)16/h4-11H,1-3H3. The van der Waals surface area contributed by atoms with Crippen molar-refractivity contribution in [2.75, 3.05) is 7.05 Å². The van der Waals surface area contributed by atoms with E-state index in [1.807, 2.05) is 0 Å². The second-order valence-corrected chi connectivity index (χ2v) is 7.33. The summed E-state index contributed by atoms with van der Waals surface area (Å²) in [7, 11) is 3.17. The first-order valence-electron chi connectivity index (χ1n) is 8.21. The highest BCUT2D eigenvalue weighted by atomic mass is 79.9. The van der Waals surface area contributed by atoms with Crippen LogP contribution in [0.2, 0.25) is 0 Å². The van der Waals surface area contributed by atoms with Crippen LogP contribution in [-0.4, -0.2) is 22.4 Å². The monoisotopic (exact) mass is 434 g/mol. The molecule has 1 atom stereocenters. The smallest absolute Gasteiger partial charge is 0.258 e. The molecular formula is C20H17BrF2N2O2. The molecule has 0 aliphatic rings. The Kier molecular flexibility index (Phi) is 5.15. The number of carbonyl (C=O) groups is 1. The van der Waals surface area contributed by atoms with Gasteiger partial charge in [0.25, 0.3) is 11.5 Å². The lowest BCUT2D eigenvalue weighted by atomic mass is 10.0. The molecule has 7 heteroatoms. The van der Waals surface area contributed by atoms with Gasteiger partial charge in [0.05, 0.1) is 11.4 Å². The van der Waals surface area contributed by atoms with Crippen LogP contribution in [0.1, 0.15) is 28.9 Å². The second kappa shape index (κ2) is 7.23. The summed E-state index contributed by atoms with van der Waals surface area (Å²) in [6.07, 6.45) is 1.55. The van der Waals surface area contributed by atoms with Gasteiger partial charge in [-0.2, -0.15) is 0 Å². The highest BCUT2D eigenvalue weighted by molar-refractivity contribution is 9.10. The maximum Gasteiger partial charge on any atom is 0.258 e. The molecule has 1 aromatic heterocycles. The Morgan fingerprint density at radius 1 is 1.11 bits per heavy atom. The number of aromatic nitrogens is 1. The van der Waals surface area contributed by atoms with Crippen LogP contribution in [0.15, 0.2) is 51.9 Å². The van der Waals surface area contributed by atoms with Gasteiger partial charge in [-0.15, -0.1) is 0 Å². The Balaban J connectivity index is 2.09. The summed E-state index contributed by atoms with van der Waals surface area (Å²) in [4.78, 5) is 26.6. The van der Waals surface area contributed by atoms with Gasteiger partial charge in [0.15, 0.2) is 11.6 Å². The van der Waals surface area contributed by atoms with Crippen LogP contribution in [-0.2, 0) is 7.05 Å². The minimum absolute atomic E-state index is 0.0743. The number of aryl methyl sites for hydroxylation is 1. The highest BCUT2D eigenvalue weighted by Gasteiger charge is 2.23. The van der Waals surface area contributed by atoms with Crippen molar-refractivity contribution in [1.82, 2.24) is 9.47 Å². The average molecular weight is 435 g/mol. The minimum atomic E-state index is -1.08. The molecule has 0 aliphatic carbocycles. The Hall–Kier alpha value is -2.54. The Morgan fingerprint density at radius 2 is 1.67 bits per heavy atom. The predicted molar refractivity (Wildman–Crippen MR) is 104 cm³/mol. The summed E-state index contributed by atoms with van der Waals surface area (Å²) in [6, 6.07) is 8.37. The Labute approximate surface area is 163 Å². The molecule has 0 saturated heterocycles. The number of rotatable bonds is 3. The molecule has 1 unspecified atom stereocenters. The van der Waals surface area contributed by atoms with Crippen molar-refractivity contribution in [3.05, 3.63) is 80.2 Å². The Bertz CT molecular complexity index is 1090. The fraction of sp³-hybridized carbons (Fsp3) is 0.200. The van der Waals surface area contributed by atoms with Gasteiger partial charge in [-0.3, -0.25) is 9.59 Å². The van der Waals surface area contributed by atoms with E-state index in [-0.39, 0.29) is 11.3 Å². The van der Waals surface area contributed by atoms with E-state index in [9.17, 15) is 18.4 Å². The molecule has 4 nitrogen and oxygen atoms in total. The van der Waals surface area contributed by atoms with Gasteiger partial charge in [0.1, 0.15) is 0 Å². The number of carbonyl (C=O) groups excluding carboxylic acids is 1. The molecule has 0 saturated carbocycles. The quantitative estimate of drug-likeness (QED) is 0.612. The van der Waals surface area contributed by atoms with Crippen molar-refractivity contribution in [2.45, 2.75) is 13.0 Å². The van der Waals surface area contributed by atoms with Gasteiger partial charge >= 0.3 is 0 Å². The fourth-order valence-electron chi connectivity index (χ4n) is 3.00. The third kappa shape index (κ3) is 3.51. The molecule has 0 aliphatic heterocycles. The van der Waals surface area contributed by atoms with E-state index in [4.69, 9.17) is 0 Å². The average Bonchev–Trinajstić information content (AvgIpc) is 2.65. The lowest BCUT2D eigenvalue weighted by Crippen LogP contribution is -2.31. The first kappa shape index (κ1) is 19.2. The number of amides is 1. The molecule has 0 radical (unpaired) electrons. The topological polar surface area (TPSA) is 42.3 Å². The molecule has 0 fully saturated rings. The predicted octanol–water partition coefficient (Wildman–Crippen LogP) is 4.41. The van der Waals surface area contributed by atoms with Crippen molar-refractivity contribution in [1.29, 1.82) is 0 Å². The van der Waals surface area contributed by atoms with E-state index >= 15 is 0 Å². The summed E-state index contributed by atoms with van der Waals surface area (Å²) < 4.78 is 29.6. The number of hydrogen-bond donors (Lipinski definition) is 0. The van der Waals surface area contributed by atoms with Crippen molar-refractivity contribution >= 4 is 32.6 Å². The minimum Gasteiger partial charge on any atom is -0.335 e. The molecule has 2 aromatic carbocycles. The zero-order chi connectivity index (χ0) is 19.9. The molecule has 1 amide bonds. The SMILES string of the molecule is CC(c1cn(C)c(=O)c2cc(F)c(F)cc12)N(C)C(=O)c1ccc(Br)cc1. The Morgan fingerprint density at radius 3 is 2.26 bits per heavy atom. The third-order valence-electron chi connectivity index (χ3n) is 4.70. The molecule has 0 bridgehead atoms. The normalized spacial score (nSPS) is 12.2. The molecule has 0 spiro atoms. The fourth-order valence-corrected chi connectivity index (χ4v) is 3.27. The van der Waals surface area contributed by atoms with Crippen LogP contribution in [0.25, 0.3) is 10.8 Å². The van der Waals surface area contributed by atoms with Gasteiger partial charge < -0.3 is 9.47 Å². The van der Waals surface area contributed by atoms with Gasteiger partial charge in [0.2, 0.25) is 0 Å². The van der Waals surface area contributed by atoms with Crippen LogP contribution >= 0.6 is 15.9 Å². The summed E-state index contributed by atoms with van der Waals surface area (Å²) >= 11 is 3.33. The number of fused-ring (bicyclic) bond motifs is 1. The second-order valence-electron chi connectivity index (χ2n) is 6.41. The number of benzene rings is 2. The lowest BCUT2D eigenvalue weighted by molar-refractivity contribution is 0.0743. The van der Waals surface area contributed by atoms with Crippen LogP contribution in [0, 0.1) is 11.6 Å². The van der Waals surface area contributed by atoms with Gasteiger partial charge in [-0.25, -0.2) is 8.78 Å². The molecule has 0 N–H and O–H groups in total. The maximum atomic E-state index is 13.8. The van der Waals surface area contributed by atoms with Gasteiger partial charge in [-0.1, -0.05) is 15.9 Å². The van der Waals surface area contributed by atoms with Crippen molar-refractivity contribution < 1.29 is 13.6 Å². The zero-order valence-electron chi connectivity index (χ0n) is 15.0. The number of hydrogen-bond acceptors (Lipinski definition) is 2. The van der Waals surface area contributed by atoms with E-state index in [2.05, 4.69) is 15.9 Å². The largest absolute Gasteiger partial charge is 0.335 e. The molecule has 3 aromatic rings. The van der Waals surface area contributed by atoms with Crippen LogP contribution in [0.3, 0.4) is 0 Å². The van der Waals surface area contributed by atoms with Crippen LogP contribution in [0.4, 0.5) is 8.78 Å². The summed E-state index contributed by atoms with van der Waals surface area (Å²) in [5.41, 5.74) is 0.625. The first-order valence-corrected chi connectivity index (χ1v) is 9.01. The van der Waals surface area contributed by atoms with Gasteiger partial charge in [0, 0.05) is 30.3 Å². The molecule has 140 valence electrons. The zero-order valence-corrected chi connectivity index (χ0v) is 16.5. The summed E-state index contributed by atoms with van der Waals surface area (Å²) in [5, 5.41) is 0.366. The maximum absolute atomic E-state index is 13.8. The van der Waals surface area contributed by atoms with E-state index in [1.54, 1.807) is 44.4 Å². The number of pyridine rings is 1. The van der Waals surface area contributed by atoms with Crippen LogP contribution < -0.4 is 5.56 Å². The number of nitrogens with zero attached hydrogens (tertiary/aromatic N) is 2. The van der Waals surface area contributed by atoms with E-state index < -0.39 is 23.2 Å². The van der Waals surface area contributed by atoms with Crippen molar-refractivity contribution in [2.24, 2.45) is 7.05 Å².